The molecule has 1 aliphatic rings. The highest BCUT2D eigenvalue weighted by Crippen LogP contribution is 2.20. The van der Waals surface area contributed by atoms with E-state index in [9.17, 15) is 4.79 Å². The Balaban J connectivity index is 2.30. The third-order valence-electron chi connectivity index (χ3n) is 2.01. The number of amides is 1. The van der Waals surface area contributed by atoms with Crippen LogP contribution in [0.25, 0.3) is 0 Å². The van der Waals surface area contributed by atoms with Crippen LogP contribution in [0.4, 0.5) is 10.5 Å². The summed E-state index contributed by atoms with van der Waals surface area (Å²) in [6.45, 7) is 2.39. The van der Waals surface area contributed by atoms with Gasteiger partial charge in [-0.1, -0.05) is 0 Å². The third-order valence-corrected chi connectivity index (χ3v) is 2.01. The van der Waals surface area contributed by atoms with Gasteiger partial charge in [-0.05, 0) is 19.1 Å². The molecule has 0 bridgehead atoms. The molecule has 1 fully saturated rings. The Morgan fingerprint density at radius 2 is 2.54 bits per heavy atom. The van der Waals surface area contributed by atoms with E-state index in [0.717, 1.165) is 5.69 Å². The highest BCUT2D eigenvalue weighted by atomic mass is 16.6. The molecule has 1 saturated heterocycles. The van der Waals surface area contributed by atoms with E-state index in [4.69, 9.17) is 4.74 Å². The van der Waals surface area contributed by atoms with Crippen LogP contribution in [0.3, 0.4) is 0 Å². The lowest BCUT2D eigenvalue weighted by Crippen LogP contribution is -2.30. The summed E-state index contributed by atoms with van der Waals surface area (Å²) in [7, 11) is 0. The second-order valence-electron chi connectivity index (χ2n) is 3.01. The van der Waals surface area contributed by atoms with Gasteiger partial charge < -0.3 is 4.74 Å². The van der Waals surface area contributed by atoms with Crippen molar-refractivity contribution in [1.29, 1.82) is 0 Å². The second-order valence-corrected chi connectivity index (χ2v) is 3.01. The lowest BCUT2D eigenvalue weighted by Gasteiger charge is -2.16. The first-order valence-electron chi connectivity index (χ1n) is 4.15. The average molecular weight is 178 g/mol. The second kappa shape index (κ2) is 3.05. The van der Waals surface area contributed by atoms with Crippen LogP contribution in [0, 0.1) is 0 Å². The van der Waals surface area contributed by atoms with Gasteiger partial charge in [0.1, 0.15) is 6.61 Å². The first kappa shape index (κ1) is 8.04. The predicted molar refractivity (Wildman–Crippen MR) is 47.5 cm³/mol. The number of rotatable bonds is 1. The van der Waals surface area contributed by atoms with E-state index >= 15 is 0 Å². The number of ether oxygens (including phenoxy) is 1. The smallest absolute Gasteiger partial charge is 0.414 e. The standard InChI is InChI=1S/C9H10N2O2/c1-7-6-13-9(12)11(7)8-3-2-4-10-5-8/h2-5,7H,6H2,1H3. The van der Waals surface area contributed by atoms with Crippen LogP contribution >= 0.6 is 0 Å². The van der Waals surface area contributed by atoms with Gasteiger partial charge in [0.25, 0.3) is 0 Å². The Morgan fingerprint density at radius 1 is 1.69 bits per heavy atom. The minimum Gasteiger partial charge on any atom is -0.447 e. The summed E-state index contributed by atoms with van der Waals surface area (Å²) in [6, 6.07) is 3.74. The molecule has 4 heteroatoms. The Labute approximate surface area is 76.1 Å². The normalized spacial score (nSPS) is 21.8. The lowest BCUT2D eigenvalue weighted by atomic mass is 10.3. The minimum atomic E-state index is -0.291. The van der Waals surface area contributed by atoms with Crippen molar-refractivity contribution in [3.05, 3.63) is 24.5 Å². The Kier molecular flexibility index (Phi) is 1.88. The van der Waals surface area contributed by atoms with Gasteiger partial charge >= 0.3 is 6.09 Å². The SMILES string of the molecule is CC1COC(=O)N1c1cccnc1. The monoisotopic (exact) mass is 178 g/mol. The van der Waals surface area contributed by atoms with Crippen LogP contribution in [0.1, 0.15) is 6.92 Å². The van der Waals surface area contributed by atoms with Crippen LogP contribution in [0.2, 0.25) is 0 Å². The largest absolute Gasteiger partial charge is 0.447 e. The zero-order chi connectivity index (χ0) is 9.26. The van der Waals surface area contributed by atoms with Crippen molar-refractivity contribution in [2.75, 3.05) is 11.5 Å². The van der Waals surface area contributed by atoms with Gasteiger partial charge in [0.15, 0.2) is 0 Å². The van der Waals surface area contributed by atoms with E-state index in [1.165, 1.54) is 0 Å². The number of anilines is 1. The van der Waals surface area contributed by atoms with E-state index in [0.29, 0.717) is 6.61 Å². The molecule has 0 N–H and O–H groups in total. The molecule has 0 radical (unpaired) electrons. The number of cyclic esters (lactones) is 1. The molecule has 4 nitrogen and oxygen atoms in total. The molecule has 1 atom stereocenters. The maximum absolute atomic E-state index is 11.3. The highest BCUT2D eigenvalue weighted by molar-refractivity contribution is 5.89. The van der Waals surface area contributed by atoms with E-state index in [1.807, 2.05) is 13.0 Å². The Morgan fingerprint density at radius 3 is 3.08 bits per heavy atom. The maximum Gasteiger partial charge on any atom is 0.414 e. The van der Waals surface area contributed by atoms with Crippen molar-refractivity contribution >= 4 is 11.8 Å². The lowest BCUT2D eigenvalue weighted by molar-refractivity contribution is 0.179. The summed E-state index contributed by atoms with van der Waals surface area (Å²) in [4.78, 5) is 16.8. The molecular formula is C9H10N2O2. The molecule has 2 heterocycles. The van der Waals surface area contributed by atoms with Crippen molar-refractivity contribution < 1.29 is 9.53 Å². The van der Waals surface area contributed by atoms with E-state index in [-0.39, 0.29) is 12.1 Å². The number of hydrogen-bond donors (Lipinski definition) is 0. The van der Waals surface area contributed by atoms with Crippen LogP contribution in [-0.4, -0.2) is 23.7 Å². The number of hydrogen-bond acceptors (Lipinski definition) is 3. The van der Waals surface area contributed by atoms with Crippen LogP contribution in [0.15, 0.2) is 24.5 Å². The zero-order valence-electron chi connectivity index (χ0n) is 7.30. The number of pyridine rings is 1. The molecule has 1 aliphatic heterocycles. The molecule has 0 spiro atoms. The fraction of sp³-hybridized carbons (Fsp3) is 0.333. The number of carbonyl (C=O) groups is 1. The van der Waals surface area contributed by atoms with Crippen molar-refractivity contribution in [2.45, 2.75) is 13.0 Å². The highest BCUT2D eigenvalue weighted by Gasteiger charge is 2.30. The third kappa shape index (κ3) is 1.35. The summed E-state index contributed by atoms with van der Waals surface area (Å²) in [6.07, 6.45) is 3.04. The van der Waals surface area contributed by atoms with Crippen molar-refractivity contribution in [2.24, 2.45) is 0 Å². The van der Waals surface area contributed by atoms with Gasteiger partial charge in [0, 0.05) is 6.20 Å². The summed E-state index contributed by atoms with van der Waals surface area (Å²) < 4.78 is 4.89. The summed E-state index contributed by atoms with van der Waals surface area (Å²) in [5.74, 6) is 0. The van der Waals surface area contributed by atoms with Crippen molar-refractivity contribution in [3.8, 4) is 0 Å². The van der Waals surface area contributed by atoms with E-state index < -0.39 is 0 Å². The molecule has 1 amide bonds. The van der Waals surface area contributed by atoms with Crippen LogP contribution in [-0.2, 0) is 4.74 Å². The average Bonchev–Trinajstić information content (AvgIpc) is 2.48. The number of carbonyl (C=O) groups excluding carboxylic acids is 1. The van der Waals surface area contributed by atoms with Gasteiger partial charge in [-0.2, -0.15) is 0 Å². The summed E-state index contributed by atoms with van der Waals surface area (Å²) in [5, 5.41) is 0. The Bertz CT molecular complexity index is 313. The number of nitrogens with zero attached hydrogens (tertiary/aromatic N) is 2. The molecule has 1 unspecified atom stereocenters. The Hall–Kier alpha value is -1.58. The van der Waals surface area contributed by atoms with Gasteiger partial charge in [-0.15, -0.1) is 0 Å². The van der Waals surface area contributed by atoms with Crippen LogP contribution < -0.4 is 4.90 Å². The first-order chi connectivity index (χ1) is 6.29. The first-order valence-corrected chi connectivity index (χ1v) is 4.15. The van der Waals surface area contributed by atoms with Gasteiger partial charge in [-0.3, -0.25) is 9.88 Å². The van der Waals surface area contributed by atoms with Gasteiger partial charge in [0.2, 0.25) is 0 Å². The topological polar surface area (TPSA) is 42.4 Å². The fourth-order valence-electron chi connectivity index (χ4n) is 1.37. The molecule has 13 heavy (non-hydrogen) atoms. The number of aromatic nitrogens is 1. The van der Waals surface area contributed by atoms with Crippen molar-refractivity contribution in [1.82, 2.24) is 4.98 Å². The molecule has 1 aromatic heterocycles. The van der Waals surface area contributed by atoms with E-state index in [2.05, 4.69) is 4.98 Å². The van der Waals surface area contributed by atoms with Crippen LogP contribution in [0.5, 0.6) is 0 Å². The molecule has 2 rings (SSSR count). The predicted octanol–water partition coefficient (Wildman–Crippen LogP) is 1.43. The fourth-order valence-corrected chi connectivity index (χ4v) is 1.37. The van der Waals surface area contributed by atoms with Crippen molar-refractivity contribution in [3.63, 3.8) is 0 Å². The maximum atomic E-state index is 11.3. The molecular weight excluding hydrogens is 168 g/mol. The summed E-state index contributed by atoms with van der Waals surface area (Å²) in [5.41, 5.74) is 0.789. The molecule has 68 valence electrons. The minimum absolute atomic E-state index is 0.0942. The molecule has 0 aromatic carbocycles. The quantitative estimate of drug-likeness (QED) is 0.653. The van der Waals surface area contributed by atoms with Gasteiger partial charge in [-0.25, -0.2) is 4.79 Å². The van der Waals surface area contributed by atoms with Gasteiger partial charge in [0.05, 0.1) is 17.9 Å². The molecule has 0 aliphatic carbocycles. The molecule has 1 aromatic rings. The van der Waals surface area contributed by atoms with E-state index in [1.54, 1.807) is 23.4 Å². The summed E-state index contributed by atoms with van der Waals surface area (Å²) >= 11 is 0. The molecule has 0 saturated carbocycles. The zero-order valence-corrected chi connectivity index (χ0v) is 7.30.